The molecule has 6 heteroatoms. The Hall–Kier alpha value is -1.82. The Morgan fingerprint density at radius 3 is 2.61 bits per heavy atom. The second kappa shape index (κ2) is 5.68. The Labute approximate surface area is 106 Å². The highest BCUT2D eigenvalue weighted by molar-refractivity contribution is 5.21. The first-order valence-corrected chi connectivity index (χ1v) is 6.14. The van der Waals surface area contributed by atoms with Gasteiger partial charge in [0.05, 0.1) is 5.69 Å². The lowest BCUT2D eigenvalue weighted by Crippen LogP contribution is -2.15. The van der Waals surface area contributed by atoms with Gasteiger partial charge in [-0.05, 0) is 38.9 Å². The lowest BCUT2D eigenvalue weighted by atomic mass is 10.3. The minimum atomic E-state index is 0.701. The van der Waals surface area contributed by atoms with Crippen LogP contribution in [0.1, 0.15) is 30.7 Å². The second-order valence-electron chi connectivity index (χ2n) is 4.18. The van der Waals surface area contributed by atoms with Crippen molar-refractivity contribution in [2.75, 3.05) is 6.54 Å². The summed E-state index contributed by atoms with van der Waals surface area (Å²) < 4.78 is 1.70. The summed E-state index contributed by atoms with van der Waals surface area (Å²) in [5.74, 6) is 2.26. The van der Waals surface area contributed by atoms with Crippen LogP contribution >= 0.6 is 0 Å². The van der Waals surface area contributed by atoms with Gasteiger partial charge in [0.25, 0.3) is 0 Å². The molecule has 96 valence electrons. The van der Waals surface area contributed by atoms with Gasteiger partial charge in [0.1, 0.15) is 11.6 Å². The summed E-state index contributed by atoms with van der Waals surface area (Å²) in [6.45, 7) is 7.64. The molecule has 0 fully saturated rings. The van der Waals surface area contributed by atoms with Gasteiger partial charge in [-0.1, -0.05) is 6.92 Å². The Morgan fingerprint density at radius 1 is 1.22 bits per heavy atom. The van der Waals surface area contributed by atoms with Gasteiger partial charge in [-0.15, -0.1) is 10.2 Å². The molecule has 0 aliphatic carbocycles. The Morgan fingerprint density at radius 2 is 2.06 bits per heavy atom. The minimum absolute atomic E-state index is 0.701. The van der Waals surface area contributed by atoms with E-state index in [1.165, 1.54) is 0 Å². The van der Waals surface area contributed by atoms with Crippen molar-refractivity contribution in [2.45, 2.75) is 33.7 Å². The van der Waals surface area contributed by atoms with E-state index in [-0.39, 0.29) is 0 Å². The van der Waals surface area contributed by atoms with Crippen molar-refractivity contribution in [3.8, 4) is 5.82 Å². The summed E-state index contributed by atoms with van der Waals surface area (Å²) in [7, 11) is 0. The number of hydrogen-bond donors (Lipinski definition) is 1. The fraction of sp³-hybridized carbons (Fsp3) is 0.500. The number of nitrogens with zero attached hydrogens (tertiary/aromatic N) is 5. The zero-order chi connectivity index (χ0) is 13.0. The molecule has 0 atom stereocenters. The first-order valence-electron chi connectivity index (χ1n) is 6.14. The van der Waals surface area contributed by atoms with Crippen LogP contribution in [0.25, 0.3) is 5.82 Å². The third-order valence-corrected chi connectivity index (χ3v) is 2.53. The van der Waals surface area contributed by atoms with Crippen molar-refractivity contribution < 1.29 is 0 Å². The van der Waals surface area contributed by atoms with Crippen molar-refractivity contribution in [3.05, 3.63) is 29.5 Å². The number of aryl methyl sites for hydroxylation is 2. The topological polar surface area (TPSA) is 68.5 Å². The van der Waals surface area contributed by atoms with Gasteiger partial charge < -0.3 is 5.32 Å². The van der Waals surface area contributed by atoms with Crippen LogP contribution in [0.5, 0.6) is 0 Å². The van der Waals surface area contributed by atoms with Crippen molar-refractivity contribution in [1.82, 2.24) is 30.3 Å². The maximum absolute atomic E-state index is 4.27. The van der Waals surface area contributed by atoms with E-state index in [2.05, 4.69) is 32.5 Å². The Bertz CT molecular complexity index is 502. The molecule has 0 saturated carbocycles. The maximum atomic E-state index is 4.27. The average Bonchev–Trinajstić information content (AvgIpc) is 2.70. The molecule has 0 unspecified atom stereocenters. The summed E-state index contributed by atoms with van der Waals surface area (Å²) in [5.41, 5.74) is 0.932. The van der Waals surface area contributed by atoms with Crippen LogP contribution in [-0.4, -0.2) is 31.5 Å². The van der Waals surface area contributed by atoms with Gasteiger partial charge in [-0.25, -0.2) is 4.98 Å². The molecule has 2 aromatic rings. The van der Waals surface area contributed by atoms with Crippen LogP contribution in [0.2, 0.25) is 0 Å². The van der Waals surface area contributed by atoms with E-state index >= 15 is 0 Å². The Kier molecular flexibility index (Phi) is 3.99. The second-order valence-corrected chi connectivity index (χ2v) is 4.18. The third kappa shape index (κ3) is 2.89. The van der Waals surface area contributed by atoms with Crippen LogP contribution in [0.3, 0.4) is 0 Å². The summed E-state index contributed by atoms with van der Waals surface area (Å²) in [6, 6.07) is 3.87. The maximum Gasteiger partial charge on any atom is 0.177 e. The molecule has 0 saturated heterocycles. The Balaban J connectivity index is 2.10. The molecule has 0 bridgehead atoms. The van der Waals surface area contributed by atoms with E-state index < -0.39 is 0 Å². The highest BCUT2D eigenvalue weighted by atomic mass is 15.4. The lowest BCUT2D eigenvalue weighted by molar-refractivity contribution is 0.652. The highest BCUT2D eigenvalue weighted by Gasteiger charge is 2.06. The first kappa shape index (κ1) is 12.6. The summed E-state index contributed by atoms with van der Waals surface area (Å²) in [4.78, 5) is 4.24. The van der Waals surface area contributed by atoms with Crippen molar-refractivity contribution in [1.29, 1.82) is 0 Å². The van der Waals surface area contributed by atoms with Crippen molar-refractivity contribution in [2.24, 2.45) is 0 Å². The molecule has 18 heavy (non-hydrogen) atoms. The standard InChI is InChI=1S/C12H18N6/c1-4-7-13-8-11-5-6-12(16-15-11)18-10(3)14-9(2)17-18/h5-6,13H,4,7-8H2,1-3H3. The largest absolute Gasteiger partial charge is 0.311 e. The lowest BCUT2D eigenvalue weighted by Gasteiger charge is -2.04. The molecule has 0 aliphatic rings. The fourth-order valence-electron chi connectivity index (χ4n) is 1.69. The van der Waals surface area contributed by atoms with E-state index in [4.69, 9.17) is 0 Å². The van der Waals surface area contributed by atoms with E-state index in [0.29, 0.717) is 5.82 Å². The van der Waals surface area contributed by atoms with Crippen LogP contribution in [0, 0.1) is 13.8 Å². The summed E-state index contributed by atoms with van der Waals surface area (Å²) >= 11 is 0. The molecule has 0 radical (unpaired) electrons. The predicted octanol–water partition coefficient (Wildman–Crippen LogP) is 1.17. The van der Waals surface area contributed by atoms with Crippen LogP contribution in [0.15, 0.2) is 12.1 Å². The van der Waals surface area contributed by atoms with Gasteiger partial charge in [0, 0.05) is 6.54 Å². The molecule has 1 N–H and O–H groups in total. The quantitative estimate of drug-likeness (QED) is 0.802. The molecule has 2 heterocycles. The van der Waals surface area contributed by atoms with E-state index in [0.717, 1.165) is 36.9 Å². The molecule has 0 aromatic carbocycles. The van der Waals surface area contributed by atoms with Gasteiger partial charge >= 0.3 is 0 Å². The van der Waals surface area contributed by atoms with E-state index in [1.807, 2.05) is 26.0 Å². The van der Waals surface area contributed by atoms with Crippen LogP contribution in [-0.2, 0) is 6.54 Å². The normalized spacial score (nSPS) is 10.8. The molecule has 6 nitrogen and oxygen atoms in total. The fourth-order valence-corrected chi connectivity index (χ4v) is 1.69. The van der Waals surface area contributed by atoms with E-state index in [9.17, 15) is 0 Å². The predicted molar refractivity (Wildman–Crippen MR) is 68.4 cm³/mol. The van der Waals surface area contributed by atoms with Crippen LogP contribution in [0.4, 0.5) is 0 Å². The molecular weight excluding hydrogens is 228 g/mol. The number of nitrogens with one attached hydrogen (secondary N) is 1. The molecular formula is C12H18N6. The smallest absolute Gasteiger partial charge is 0.177 e. The number of hydrogen-bond acceptors (Lipinski definition) is 5. The van der Waals surface area contributed by atoms with Gasteiger partial charge in [-0.2, -0.15) is 9.78 Å². The highest BCUT2D eigenvalue weighted by Crippen LogP contribution is 2.05. The zero-order valence-corrected chi connectivity index (χ0v) is 11.0. The van der Waals surface area contributed by atoms with Gasteiger partial charge in [0.15, 0.2) is 5.82 Å². The van der Waals surface area contributed by atoms with Crippen molar-refractivity contribution in [3.63, 3.8) is 0 Å². The monoisotopic (exact) mass is 246 g/mol. The minimum Gasteiger partial charge on any atom is -0.311 e. The third-order valence-electron chi connectivity index (χ3n) is 2.53. The van der Waals surface area contributed by atoms with Crippen molar-refractivity contribution >= 4 is 0 Å². The molecule has 2 rings (SSSR count). The molecule has 0 aliphatic heterocycles. The SMILES string of the molecule is CCCNCc1ccc(-n2nc(C)nc2C)nn1. The first-order chi connectivity index (χ1) is 8.70. The van der Waals surface area contributed by atoms with Gasteiger partial charge in [0.2, 0.25) is 0 Å². The molecule has 0 amide bonds. The number of aromatic nitrogens is 5. The summed E-state index contributed by atoms with van der Waals surface area (Å²) in [6.07, 6.45) is 1.11. The van der Waals surface area contributed by atoms with Gasteiger partial charge in [-0.3, -0.25) is 0 Å². The molecule has 0 spiro atoms. The average molecular weight is 246 g/mol. The summed E-state index contributed by atoms with van der Waals surface area (Å²) in [5, 5.41) is 15.9. The zero-order valence-electron chi connectivity index (χ0n) is 11.0. The molecule has 2 aromatic heterocycles. The van der Waals surface area contributed by atoms with Crippen LogP contribution < -0.4 is 5.32 Å². The van der Waals surface area contributed by atoms with E-state index in [1.54, 1.807) is 4.68 Å². The number of rotatable bonds is 5.